The Labute approximate surface area is 164 Å². The van der Waals surface area contributed by atoms with Gasteiger partial charge in [0, 0.05) is 32.2 Å². The number of nitrogens with zero attached hydrogens (tertiary/aromatic N) is 1. The highest BCUT2D eigenvalue weighted by Crippen LogP contribution is 2.32. The minimum atomic E-state index is -4.34. The standard InChI is InChI=1S/C17H26F3N3O.HI/c1-5-24-10-9-22-15(21-4)23-12-16(2,3)13-7-6-8-14(11-13)17(18,19)20;/h6-8,11H,5,9-10,12H2,1-4H3,(H2,21,22,23);1H. The molecule has 8 heteroatoms. The van der Waals surface area contributed by atoms with Crippen molar-refractivity contribution in [1.29, 1.82) is 0 Å². The Morgan fingerprint density at radius 1 is 1.16 bits per heavy atom. The second kappa shape index (κ2) is 10.8. The third-order valence-corrected chi connectivity index (χ3v) is 3.64. The molecular weight excluding hydrogens is 446 g/mol. The van der Waals surface area contributed by atoms with Gasteiger partial charge in [-0.15, -0.1) is 24.0 Å². The second-order valence-electron chi connectivity index (χ2n) is 6.01. The fraction of sp³-hybridized carbons (Fsp3) is 0.588. The van der Waals surface area contributed by atoms with E-state index in [2.05, 4.69) is 15.6 Å². The Hall–Kier alpha value is -1.03. The molecule has 0 aliphatic rings. The molecule has 0 aliphatic heterocycles. The molecule has 0 saturated carbocycles. The predicted octanol–water partition coefficient (Wildman–Crippen LogP) is 3.80. The van der Waals surface area contributed by atoms with Crippen LogP contribution in [0, 0.1) is 0 Å². The molecule has 0 radical (unpaired) electrons. The molecule has 1 rings (SSSR count). The van der Waals surface area contributed by atoms with Gasteiger partial charge in [0.1, 0.15) is 0 Å². The topological polar surface area (TPSA) is 45.6 Å². The smallest absolute Gasteiger partial charge is 0.380 e. The van der Waals surface area contributed by atoms with Gasteiger partial charge in [-0.25, -0.2) is 0 Å². The van der Waals surface area contributed by atoms with E-state index in [1.165, 1.54) is 12.1 Å². The average molecular weight is 473 g/mol. The van der Waals surface area contributed by atoms with Gasteiger partial charge in [-0.2, -0.15) is 13.2 Å². The van der Waals surface area contributed by atoms with E-state index in [1.807, 2.05) is 20.8 Å². The van der Waals surface area contributed by atoms with Gasteiger partial charge in [0.05, 0.1) is 12.2 Å². The Balaban J connectivity index is 0.00000576. The number of alkyl halides is 3. The third kappa shape index (κ3) is 8.26. The van der Waals surface area contributed by atoms with Gasteiger partial charge in [0.15, 0.2) is 5.96 Å². The molecule has 0 heterocycles. The highest BCUT2D eigenvalue weighted by atomic mass is 127. The molecule has 0 unspecified atom stereocenters. The lowest BCUT2D eigenvalue weighted by Crippen LogP contribution is -2.44. The van der Waals surface area contributed by atoms with Gasteiger partial charge in [-0.05, 0) is 18.6 Å². The number of aliphatic imine (C=N–C) groups is 1. The molecule has 2 N–H and O–H groups in total. The van der Waals surface area contributed by atoms with Gasteiger partial charge in [0.25, 0.3) is 0 Å². The lowest BCUT2D eigenvalue weighted by atomic mass is 9.84. The predicted molar refractivity (Wildman–Crippen MR) is 106 cm³/mol. The van der Waals surface area contributed by atoms with Crippen LogP contribution in [0.4, 0.5) is 13.2 Å². The summed E-state index contributed by atoms with van der Waals surface area (Å²) in [6.07, 6.45) is -4.34. The number of nitrogens with one attached hydrogen (secondary N) is 2. The summed E-state index contributed by atoms with van der Waals surface area (Å²) in [7, 11) is 1.65. The van der Waals surface area contributed by atoms with Crippen molar-refractivity contribution < 1.29 is 17.9 Å². The van der Waals surface area contributed by atoms with Crippen LogP contribution in [0.1, 0.15) is 31.9 Å². The van der Waals surface area contributed by atoms with E-state index < -0.39 is 17.2 Å². The first-order valence-electron chi connectivity index (χ1n) is 7.90. The average Bonchev–Trinajstić information content (AvgIpc) is 2.53. The van der Waals surface area contributed by atoms with E-state index >= 15 is 0 Å². The molecule has 0 saturated heterocycles. The van der Waals surface area contributed by atoms with E-state index in [0.717, 1.165) is 6.07 Å². The minimum Gasteiger partial charge on any atom is -0.380 e. The summed E-state index contributed by atoms with van der Waals surface area (Å²) < 4.78 is 43.8. The summed E-state index contributed by atoms with van der Waals surface area (Å²) in [5, 5.41) is 6.24. The lowest BCUT2D eigenvalue weighted by Gasteiger charge is -2.27. The molecule has 0 bridgehead atoms. The molecule has 1 aromatic carbocycles. The second-order valence-corrected chi connectivity index (χ2v) is 6.01. The van der Waals surface area contributed by atoms with Crippen molar-refractivity contribution in [2.24, 2.45) is 4.99 Å². The highest BCUT2D eigenvalue weighted by Gasteiger charge is 2.32. The molecule has 144 valence electrons. The molecule has 0 spiro atoms. The van der Waals surface area contributed by atoms with Gasteiger partial charge in [-0.1, -0.05) is 32.0 Å². The van der Waals surface area contributed by atoms with Crippen molar-refractivity contribution in [3.63, 3.8) is 0 Å². The Bertz CT molecular complexity index is 548. The molecule has 1 aromatic rings. The Kier molecular flexibility index (Phi) is 10.4. The van der Waals surface area contributed by atoms with Crippen LogP contribution < -0.4 is 10.6 Å². The van der Waals surface area contributed by atoms with E-state index in [-0.39, 0.29) is 24.0 Å². The fourth-order valence-electron chi connectivity index (χ4n) is 2.13. The molecular formula is C17H27F3IN3O. The maximum Gasteiger partial charge on any atom is 0.416 e. The van der Waals surface area contributed by atoms with Gasteiger partial charge in [-0.3, -0.25) is 4.99 Å². The first-order chi connectivity index (χ1) is 11.2. The number of hydrogen-bond donors (Lipinski definition) is 2. The summed E-state index contributed by atoms with van der Waals surface area (Å²) in [5.74, 6) is 0.592. The maximum absolute atomic E-state index is 12.9. The van der Waals surface area contributed by atoms with Crippen molar-refractivity contribution in [2.45, 2.75) is 32.4 Å². The number of halogens is 4. The van der Waals surface area contributed by atoms with Gasteiger partial charge in [0.2, 0.25) is 0 Å². The monoisotopic (exact) mass is 473 g/mol. The highest BCUT2D eigenvalue weighted by molar-refractivity contribution is 14.0. The molecule has 0 aromatic heterocycles. The number of ether oxygens (including phenoxy) is 1. The van der Waals surface area contributed by atoms with Crippen molar-refractivity contribution in [2.75, 3.05) is 33.4 Å². The van der Waals surface area contributed by atoms with Crippen LogP contribution in [0.15, 0.2) is 29.3 Å². The molecule has 4 nitrogen and oxygen atoms in total. The Morgan fingerprint density at radius 2 is 1.80 bits per heavy atom. The Morgan fingerprint density at radius 3 is 2.36 bits per heavy atom. The molecule has 0 fully saturated rings. The van der Waals surface area contributed by atoms with Crippen LogP contribution in [-0.2, 0) is 16.3 Å². The largest absolute Gasteiger partial charge is 0.416 e. The van der Waals surface area contributed by atoms with Crippen LogP contribution in [0.5, 0.6) is 0 Å². The molecule has 0 amide bonds. The van der Waals surface area contributed by atoms with Crippen molar-refractivity contribution in [3.05, 3.63) is 35.4 Å². The fourth-order valence-corrected chi connectivity index (χ4v) is 2.13. The molecule has 0 aliphatic carbocycles. The van der Waals surface area contributed by atoms with Crippen molar-refractivity contribution in [1.82, 2.24) is 10.6 Å². The van der Waals surface area contributed by atoms with Crippen molar-refractivity contribution >= 4 is 29.9 Å². The number of rotatable bonds is 7. The lowest BCUT2D eigenvalue weighted by molar-refractivity contribution is -0.137. The summed E-state index contributed by atoms with van der Waals surface area (Å²) >= 11 is 0. The van der Waals surface area contributed by atoms with Crippen LogP contribution >= 0.6 is 24.0 Å². The van der Waals surface area contributed by atoms with E-state index in [0.29, 0.717) is 37.8 Å². The summed E-state index contributed by atoms with van der Waals surface area (Å²) in [5.41, 5.74) is -0.499. The zero-order valence-corrected chi connectivity index (χ0v) is 17.4. The first-order valence-corrected chi connectivity index (χ1v) is 7.90. The van der Waals surface area contributed by atoms with Crippen LogP contribution in [0.2, 0.25) is 0 Å². The van der Waals surface area contributed by atoms with E-state index in [4.69, 9.17) is 4.74 Å². The number of guanidine groups is 1. The normalized spacial score (nSPS) is 12.5. The summed E-state index contributed by atoms with van der Waals surface area (Å²) in [6, 6.07) is 5.44. The van der Waals surface area contributed by atoms with Gasteiger partial charge >= 0.3 is 6.18 Å². The van der Waals surface area contributed by atoms with Crippen LogP contribution in [-0.4, -0.2) is 39.3 Å². The zero-order chi connectivity index (χ0) is 18.2. The van der Waals surface area contributed by atoms with E-state index in [9.17, 15) is 13.2 Å². The van der Waals surface area contributed by atoms with Gasteiger partial charge < -0.3 is 15.4 Å². The van der Waals surface area contributed by atoms with Crippen LogP contribution in [0.25, 0.3) is 0 Å². The van der Waals surface area contributed by atoms with Crippen molar-refractivity contribution in [3.8, 4) is 0 Å². The molecule has 25 heavy (non-hydrogen) atoms. The SMILES string of the molecule is CCOCCNC(=NC)NCC(C)(C)c1cccc(C(F)(F)F)c1.I. The summed E-state index contributed by atoms with van der Waals surface area (Å²) in [4.78, 5) is 4.10. The molecule has 0 atom stereocenters. The zero-order valence-electron chi connectivity index (χ0n) is 15.0. The van der Waals surface area contributed by atoms with Crippen LogP contribution in [0.3, 0.4) is 0 Å². The quantitative estimate of drug-likeness (QED) is 0.274. The maximum atomic E-state index is 12.9. The third-order valence-electron chi connectivity index (χ3n) is 3.64. The first kappa shape index (κ1) is 24.0. The number of hydrogen-bond acceptors (Lipinski definition) is 2. The summed E-state index contributed by atoms with van der Waals surface area (Å²) in [6.45, 7) is 7.97. The number of benzene rings is 1. The minimum absolute atomic E-state index is 0. The van der Waals surface area contributed by atoms with E-state index in [1.54, 1.807) is 13.1 Å².